The lowest BCUT2D eigenvalue weighted by molar-refractivity contribution is 0.146. The molecule has 0 saturated heterocycles. The molecular weight excluding hydrogens is 120 g/mol. The first kappa shape index (κ1) is 4.13. The van der Waals surface area contributed by atoms with Gasteiger partial charge in [0.15, 0.2) is 0 Å². The first-order valence-corrected chi connectivity index (χ1v) is 4.98. The molecule has 6 aliphatic rings. The summed E-state index contributed by atoms with van der Waals surface area (Å²) in [4.78, 5) is 0. The third-order valence-electron chi connectivity index (χ3n) is 5.64. The van der Waals surface area contributed by atoms with E-state index < -0.39 is 0 Å². The number of hydrogen-bond acceptors (Lipinski definition) is 0. The molecule has 0 heterocycles. The number of fused-ring (bicyclic) bond motifs is 1. The van der Waals surface area contributed by atoms with Crippen molar-refractivity contribution in [3.05, 3.63) is 0 Å². The minimum atomic E-state index is 1.27. The average molecular weight is 132 g/mol. The average Bonchev–Trinajstić information content (AvgIpc) is 2.73. The molecule has 10 heavy (non-hydrogen) atoms. The molecule has 0 radical (unpaired) electrons. The van der Waals surface area contributed by atoms with Crippen molar-refractivity contribution in [2.24, 2.45) is 47.3 Å². The van der Waals surface area contributed by atoms with Gasteiger partial charge in [-0.05, 0) is 60.2 Å². The lowest BCUT2D eigenvalue weighted by atomic mass is 9.71. The molecule has 4 unspecified atom stereocenters. The minimum absolute atomic E-state index is 1.27. The lowest BCUT2D eigenvalue weighted by Crippen LogP contribution is -2.27. The molecular formula is C10H12. The van der Waals surface area contributed by atoms with Crippen LogP contribution in [0.5, 0.6) is 0 Å². The highest BCUT2D eigenvalue weighted by Crippen LogP contribution is 2.91. The molecule has 6 rings (SSSR count). The van der Waals surface area contributed by atoms with Crippen molar-refractivity contribution in [1.82, 2.24) is 0 Å². The Morgan fingerprint density at radius 1 is 0.500 bits per heavy atom. The van der Waals surface area contributed by atoms with E-state index in [4.69, 9.17) is 0 Å². The minimum Gasteiger partial charge on any atom is -0.0496 e. The molecule has 0 spiro atoms. The smallest absolute Gasteiger partial charge is 0.0312 e. The van der Waals surface area contributed by atoms with Gasteiger partial charge in [-0.15, -0.1) is 0 Å². The van der Waals surface area contributed by atoms with Crippen molar-refractivity contribution < 1.29 is 0 Å². The molecule has 4 atom stereocenters. The van der Waals surface area contributed by atoms with Gasteiger partial charge < -0.3 is 0 Å². The Morgan fingerprint density at radius 3 is 1.20 bits per heavy atom. The van der Waals surface area contributed by atoms with Gasteiger partial charge in [0.1, 0.15) is 0 Å². The Kier molecular flexibility index (Phi) is 0.352. The van der Waals surface area contributed by atoms with Gasteiger partial charge in [-0.1, -0.05) is 0 Å². The van der Waals surface area contributed by atoms with Crippen molar-refractivity contribution >= 4 is 0 Å². The summed E-state index contributed by atoms with van der Waals surface area (Å²) in [6.07, 6.45) is 3.28. The summed E-state index contributed by atoms with van der Waals surface area (Å²) in [6.45, 7) is 0. The largest absolute Gasteiger partial charge is 0.0496 e. The van der Waals surface area contributed by atoms with E-state index in [0.29, 0.717) is 0 Å². The molecule has 6 fully saturated rings. The van der Waals surface area contributed by atoms with Crippen LogP contribution in [0.2, 0.25) is 0 Å². The standard InChI is InChI=1S/C10H12/c1-2-4-7-5-3(1)6-8(4)10(6)9(5)7/h3-10H,1-2H2. The molecule has 0 N–H and O–H groups in total. The summed E-state index contributed by atoms with van der Waals surface area (Å²) < 4.78 is 0. The molecule has 2 bridgehead atoms. The molecule has 6 aliphatic carbocycles. The van der Waals surface area contributed by atoms with Gasteiger partial charge in [0, 0.05) is 0 Å². The predicted octanol–water partition coefficient (Wildman–Crippen LogP) is 1.76. The van der Waals surface area contributed by atoms with E-state index in [0.717, 1.165) is 0 Å². The fourth-order valence-electron chi connectivity index (χ4n) is 5.75. The third-order valence-corrected chi connectivity index (χ3v) is 5.64. The van der Waals surface area contributed by atoms with Gasteiger partial charge in [0.2, 0.25) is 0 Å². The van der Waals surface area contributed by atoms with Crippen molar-refractivity contribution in [3.8, 4) is 0 Å². The van der Waals surface area contributed by atoms with E-state index >= 15 is 0 Å². The molecule has 52 valence electrons. The highest BCUT2D eigenvalue weighted by atomic mass is 14.9. The van der Waals surface area contributed by atoms with Gasteiger partial charge in [-0.25, -0.2) is 0 Å². The summed E-state index contributed by atoms with van der Waals surface area (Å²) in [5, 5.41) is 0. The number of rotatable bonds is 0. The normalized spacial score (nSPS) is 91.2. The Balaban J connectivity index is 1.90. The van der Waals surface area contributed by atoms with Crippen LogP contribution in [-0.4, -0.2) is 0 Å². The van der Waals surface area contributed by atoms with Gasteiger partial charge in [-0.3, -0.25) is 0 Å². The topological polar surface area (TPSA) is 0 Å². The first-order chi connectivity index (χ1) is 4.98. The van der Waals surface area contributed by atoms with E-state index in [9.17, 15) is 0 Å². The highest BCUT2D eigenvalue weighted by molar-refractivity contribution is 5.34. The van der Waals surface area contributed by atoms with Crippen LogP contribution >= 0.6 is 0 Å². The summed E-state index contributed by atoms with van der Waals surface area (Å²) in [5.41, 5.74) is 0. The zero-order chi connectivity index (χ0) is 6.03. The summed E-state index contributed by atoms with van der Waals surface area (Å²) in [7, 11) is 0. The summed E-state index contributed by atoms with van der Waals surface area (Å²) in [6, 6.07) is 0. The monoisotopic (exact) mass is 132 g/mol. The molecule has 0 aromatic rings. The van der Waals surface area contributed by atoms with E-state index in [1.165, 1.54) is 47.3 Å². The van der Waals surface area contributed by atoms with Crippen molar-refractivity contribution in [3.63, 3.8) is 0 Å². The fourth-order valence-corrected chi connectivity index (χ4v) is 5.75. The Labute approximate surface area is 61.0 Å². The lowest BCUT2D eigenvalue weighted by Gasteiger charge is -2.34. The third kappa shape index (κ3) is 0.194. The van der Waals surface area contributed by atoms with E-state index in [1.807, 2.05) is 0 Å². The Hall–Kier alpha value is 0. The maximum Gasteiger partial charge on any atom is -0.0312 e. The molecule has 6 saturated carbocycles. The molecule has 0 aromatic carbocycles. The maximum absolute atomic E-state index is 1.64. The van der Waals surface area contributed by atoms with Gasteiger partial charge in [0.25, 0.3) is 0 Å². The summed E-state index contributed by atoms with van der Waals surface area (Å²) in [5.74, 6) is 10.4. The second kappa shape index (κ2) is 0.852. The molecule has 0 heteroatoms. The van der Waals surface area contributed by atoms with Gasteiger partial charge >= 0.3 is 0 Å². The maximum atomic E-state index is 1.64. The SMILES string of the molecule is C1CC2C3C4C1C1C2C1C43. The fraction of sp³-hybridized carbons (Fsp3) is 1.00. The van der Waals surface area contributed by atoms with Crippen molar-refractivity contribution in [1.29, 1.82) is 0 Å². The molecule has 0 nitrogen and oxygen atoms in total. The van der Waals surface area contributed by atoms with E-state index in [2.05, 4.69) is 0 Å². The van der Waals surface area contributed by atoms with Gasteiger partial charge in [-0.2, -0.15) is 0 Å². The van der Waals surface area contributed by atoms with Crippen LogP contribution in [-0.2, 0) is 0 Å². The Bertz CT molecular complexity index is 175. The van der Waals surface area contributed by atoms with Crippen LogP contribution in [0.1, 0.15) is 12.8 Å². The van der Waals surface area contributed by atoms with E-state index in [1.54, 1.807) is 12.8 Å². The van der Waals surface area contributed by atoms with Crippen LogP contribution in [0.15, 0.2) is 0 Å². The molecule has 0 aliphatic heterocycles. The first-order valence-electron chi connectivity index (χ1n) is 4.98. The predicted molar refractivity (Wildman–Crippen MR) is 37.2 cm³/mol. The molecule has 0 aromatic heterocycles. The second-order valence-corrected chi connectivity index (χ2v) is 5.37. The zero-order valence-corrected chi connectivity index (χ0v) is 6.03. The van der Waals surface area contributed by atoms with E-state index in [-0.39, 0.29) is 0 Å². The quantitative estimate of drug-likeness (QED) is 0.471. The van der Waals surface area contributed by atoms with Crippen LogP contribution in [0.25, 0.3) is 0 Å². The second-order valence-electron chi connectivity index (χ2n) is 5.37. The zero-order valence-electron chi connectivity index (χ0n) is 6.03. The van der Waals surface area contributed by atoms with Crippen molar-refractivity contribution in [2.75, 3.05) is 0 Å². The number of hydrogen-bond donors (Lipinski definition) is 0. The van der Waals surface area contributed by atoms with Crippen LogP contribution < -0.4 is 0 Å². The van der Waals surface area contributed by atoms with Crippen LogP contribution in [0, 0.1) is 47.3 Å². The van der Waals surface area contributed by atoms with Crippen LogP contribution in [0.3, 0.4) is 0 Å². The van der Waals surface area contributed by atoms with Crippen molar-refractivity contribution in [2.45, 2.75) is 12.8 Å². The van der Waals surface area contributed by atoms with Gasteiger partial charge in [0.05, 0.1) is 0 Å². The molecule has 0 amide bonds. The highest BCUT2D eigenvalue weighted by Gasteiger charge is 2.87. The van der Waals surface area contributed by atoms with Crippen LogP contribution in [0.4, 0.5) is 0 Å². The Morgan fingerprint density at radius 2 is 0.900 bits per heavy atom. The summed E-state index contributed by atoms with van der Waals surface area (Å²) >= 11 is 0.